The highest BCUT2D eigenvalue weighted by atomic mass is 35.5. The molecule has 2 N–H and O–H groups in total. The van der Waals surface area contributed by atoms with Crippen molar-refractivity contribution >= 4 is 27.5 Å². The molecule has 0 aromatic heterocycles. The van der Waals surface area contributed by atoms with E-state index in [2.05, 4.69) is 10.0 Å². The molecule has 0 saturated heterocycles. The van der Waals surface area contributed by atoms with E-state index in [-0.39, 0.29) is 36.4 Å². The smallest absolute Gasteiger partial charge is 0.240 e. The Morgan fingerprint density at radius 3 is 2.75 bits per heavy atom. The number of ether oxygens (including phenoxy) is 1. The Hall–Kier alpha value is -2.09. The summed E-state index contributed by atoms with van der Waals surface area (Å²) in [6.07, 6.45) is 0.538. The van der Waals surface area contributed by atoms with Gasteiger partial charge >= 0.3 is 0 Å². The van der Waals surface area contributed by atoms with Crippen molar-refractivity contribution in [2.45, 2.75) is 25.2 Å². The van der Waals surface area contributed by atoms with E-state index in [0.29, 0.717) is 17.0 Å². The molecule has 0 fully saturated rings. The first-order valence-electron chi connectivity index (χ1n) is 9.02. The number of aryl methyl sites for hydroxylation is 2. The number of hydrogen-bond acceptors (Lipinski definition) is 4. The van der Waals surface area contributed by atoms with Crippen molar-refractivity contribution in [1.29, 1.82) is 0 Å². The second-order valence-corrected chi connectivity index (χ2v) is 9.09. The topological polar surface area (TPSA) is 84.5 Å². The number of carbonyl (C=O) groups is 1. The molecule has 2 aromatic rings. The van der Waals surface area contributed by atoms with Gasteiger partial charge in [0.25, 0.3) is 0 Å². The van der Waals surface area contributed by atoms with Crippen LogP contribution in [0.4, 0.5) is 0 Å². The number of hydrogen-bond donors (Lipinski definition) is 2. The van der Waals surface area contributed by atoms with Crippen molar-refractivity contribution in [2.24, 2.45) is 5.92 Å². The molecule has 1 amide bonds. The summed E-state index contributed by atoms with van der Waals surface area (Å²) in [6, 6.07) is 10.6. The van der Waals surface area contributed by atoms with Crippen LogP contribution >= 0.6 is 11.6 Å². The molecule has 3 rings (SSSR count). The van der Waals surface area contributed by atoms with Gasteiger partial charge in [0, 0.05) is 18.1 Å². The molecule has 1 unspecified atom stereocenters. The first kappa shape index (κ1) is 20.6. The molecule has 1 atom stereocenters. The van der Waals surface area contributed by atoms with Crippen LogP contribution in [0.1, 0.15) is 16.7 Å². The highest BCUT2D eigenvalue weighted by Gasteiger charge is 2.26. The summed E-state index contributed by atoms with van der Waals surface area (Å²) in [5, 5.41) is 3.37. The molecule has 8 heteroatoms. The first-order chi connectivity index (χ1) is 13.3. The fraction of sp³-hybridized carbons (Fsp3) is 0.350. The Bertz CT molecular complexity index is 992. The molecule has 1 aliphatic rings. The fourth-order valence-electron chi connectivity index (χ4n) is 3.12. The third kappa shape index (κ3) is 4.84. The van der Waals surface area contributed by atoms with Crippen LogP contribution in [-0.4, -0.2) is 34.0 Å². The second kappa shape index (κ2) is 8.51. The van der Waals surface area contributed by atoms with Crippen LogP contribution < -0.4 is 14.8 Å². The van der Waals surface area contributed by atoms with Crippen LogP contribution in [0.25, 0.3) is 0 Å². The lowest BCUT2D eigenvalue weighted by atomic mass is 9.96. The van der Waals surface area contributed by atoms with Crippen molar-refractivity contribution in [3.8, 4) is 5.75 Å². The van der Waals surface area contributed by atoms with Gasteiger partial charge in [-0.3, -0.25) is 4.79 Å². The second-order valence-electron chi connectivity index (χ2n) is 6.92. The minimum Gasteiger partial charge on any atom is -0.492 e. The number of fused-ring (bicyclic) bond motifs is 1. The monoisotopic (exact) mass is 422 g/mol. The van der Waals surface area contributed by atoms with Gasteiger partial charge < -0.3 is 10.1 Å². The fourth-order valence-corrected chi connectivity index (χ4v) is 4.68. The van der Waals surface area contributed by atoms with Gasteiger partial charge in [-0.05, 0) is 61.2 Å². The maximum atomic E-state index is 12.5. The lowest BCUT2D eigenvalue weighted by Crippen LogP contribution is -2.41. The van der Waals surface area contributed by atoms with Crippen molar-refractivity contribution in [3.05, 3.63) is 58.1 Å². The Morgan fingerprint density at radius 2 is 1.96 bits per heavy atom. The Labute approximate surface area is 170 Å². The lowest BCUT2D eigenvalue weighted by molar-refractivity contribution is -0.126. The van der Waals surface area contributed by atoms with Crippen LogP contribution in [0.3, 0.4) is 0 Å². The number of amides is 1. The Balaban J connectivity index is 1.51. The molecule has 150 valence electrons. The quantitative estimate of drug-likeness (QED) is 0.701. The van der Waals surface area contributed by atoms with Crippen LogP contribution in [0.5, 0.6) is 5.75 Å². The normalized spacial score (nSPS) is 16.2. The van der Waals surface area contributed by atoms with Crippen LogP contribution in [0.2, 0.25) is 5.02 Å². The van der Waals surface area contributed by atoms with Gasteiger partial charge in [0.2, 0.25) is 15.9 Å². The van der Waals surface area contributed by atoms with E-state index in [0.717, 1.165) is 16.9 Å². The summed E-state index contributed by atoms with van der Waals surface area (Å²) in [5.41, 5.74) is 2.45. The third-order valence-corrected chi connectivity index (χ3v) is 6.49. The van der Waals surface area contributed by atoms with Gasteiger partial charge in [0.05, 0.1) is 10.8 Å². The molecule has 0 aliphatic carbocycles. The van der Waals surface area contributed by atoms with Crippen molar-refractivity contribution in [2.75, 3.05) is 19.7 Å². The van der Waals surface area contributed by atoms with Crippen LogP contribution in [0, 0.1) is 19.8 Å². The number of nitrogens with one attached hydrogen (secondary N) is 2. The largest absolute Gasteiger partial charge is 0.492 e. The SMILES string of the molecule is Cc1ccc(C)c(S(=O)(=O)NCCNC(=O)C2COc3ccc(Cl)cc3C2)c1. The molecule has 28 heavy (non-hydrogen) atoms. The average Bonchev–Trinajstić information content (AvgIpc) is 2.66. The minimum atomic E-state index is -3.62. The number of carbonyl (C=O) groups excluding carboxylic acids is 1. The van der Waals surface area contributed by atoms with Crippen molar-refractivity contribution < 1.29 is 17.9 Å². The lowest BCUT2D eigenvalue weighted by Gasteiger charge is -2.24. The Kier molecular flexibility index (Phi) is 6.27. The number of benzene rings is 2. The molecule has 0 radical (unpaired) electrons. The van der Waals surface area contributed by atoms with Gasteiger partial charge in [-0.2, -0.15) is 0 Å². The first-order valence-corrected chi connectivity index (χ1v) is 10.9. The third-order valence-electron chi connectivity index (χ3n) is 4.65. The molecular formula is C20H23ClN2O4S. The number of rotatable bonds is 6. The van der Waals surface area contributed by atoms with Gasteiger partial charge in [-0.25, -0.2) is 13.1 Å². The molecule has 0 spiro atoms. The van der Waals surface area contributed by atoms with Gasteiger partial charge in [-0.1, -0.05) is 23.7 Å². The van der Waals surface area contributed by atoms with E-state index < -0.39 is 10.0 Å². The summed E-state index contributed by atoms with van der Waals surface area (Å²) in [6.45, 7) is 4.19. The zero-order valence-electron chi connectivity index (χ0n) is 15.8. The molecule has 1 aliphatic heterocycles. The van der Waals surface area contributed by atoms with E-state index >= 15 is 0 Å². The molecule has 1 heterocycles. The predicted molar refractivity (Wildman–Crippen MR) is 108 cm³/mol. The highest BCUT2D eigenvalue weighted by molar-refractivity contribution is 7.89. The summed E-state index contributed by atoms with van der Waals surface area (Å²) in [7, 11) is -3.62. The highest BCUT2D eigenvalue weighted by Crippen LogP contribution is 2.29. The summed E-state index contributed by atoms with van der Waals surface area (Å²) >= 11 is 6.00. The number of halogens is 1. The van der Waals surface area contributed by atoms with Gasteiger partial charge in [0.1, 0.15) is 12.4 Å². The van der Waals surface area contributed by atoms with E-state index in [1.165, 1.54) is 0 Å². The summed E-state index contributed by atoms with van der Waals surface area (Å²) < 4.78 is 33.1. The van der Waals surface area contributed by atoms with E-state index in [1.54, 1.807) is 37.3 Å². The summed E-state index contributed by atoms with van der Waals surface area (Å²) in [5.74, 6) is 0.243. The zero-order chi connectivity index (χ0) is 20.3. The zero-order valence-corrected chi connectivity index (χ0v) is 17.4. The van der Waals surface area contributed by atoms with Crippen LogP contribution in [-0.2, 0) is 21.2 Å². The molecular weight excluding hydrogens is 400 g/mol. The molecule has 2 aromatic carbocycles. The van der Waals surface area contributed by atoms with Crippen molar-refractivity contribution in [1.82, 2.24) is 10.0 Å². The van der Waals surface area contributed by atoms with E-state index in [4.69, 9.17) is 16.3 Å². The van der Waals surface area contributed by atoms with E-state index in [9.17, 15) is 13.2 Å². The predicted octanol–water partition coefficient (Wildman–Crippen LogP) is 2.60. The maximum Gasteiger partial charge on any atom is 0.240 e. The van der Waals surface area contributed by atoms with E-state index in [1.807, 2.05) is 13.0 Å². The Morgan fingerprint density at radius 1 is 1.18 bits per heavy atom. The van der Waals surface area contributed by atoms with Gasteiger partial charge in [0.15, 0.2) is 0 Å². The van der Waals surface area contributed by atoms with Crippen LogP contribution in [0.15, 0.2) is 41.3 Å². The molecule has 6 nitrogen and oxygen atoms in total. The summed E-state index contributed by atoms with van der Waals surface area (Å²) in [4.78, 5) is 12.6. The molecule has 0 bridgehead atoms. The average molecular weight is 423 g/mol. The van der Waals surface area contributed by atoms with Gasteiger partial charge in [-0.15, -0.1) is 0 Å². The van der Waals surface area contributed by atoms with Crippen molar-refractivity contribution in [3.63, 3.8) is 0 Å². The standard InChI is InChI=1S/C20H23ClN2O4S/c1-13-3-4-14(2)19(9-13)28(25,26)23-8-7-22-20(24)16-10-15-11-17(21)5-6-18(15)27-12-16/h3-6,9,11,16,23H,7-8,10,12H2,1-2H3,(H,22,24). The molecule has 0 saturated carbocycles. The maximum absolute atomic E-state index is 12.5. The number of sulfonamides is 1. The minimum absolute atomic E-state index is 0.109.